The zero-order chi connectivity index (χ0) is 35.0. The van der Waals surface area contributed by atoms with Crippen LogP contribution in [0.25, 0.3) is 10.9 Å². The molecule has 260 valence electrons. The first-order valence-corrected chi connectivity index (χ1v) is 16.4. The number of hydrogen-bond acceptors (Lipinski definition) is 8. The van der Waals surface area contributed by atoms with Gasteiger partial charge in [0.1, 0.15) is 12.1 Å². The number of para-hydroxylation sites is 1. The number of likely N-dealkylation sites (N-methyl/N-ethyl adjacent to an activating group) is 1. The Balaban J connectivity index is 1.66. The fraction of sp³-hybridized carbons (Fsp3) is 0.529. The fourth-order valence-electron chi connectivity index (χ4n) is 6.46. The number of rotatable bonds is 8. The molecule has 2 aliphatic rings. The van der Waals surface area contributed by atoms with E-state index in [9.17, 15) is 33.9 Å². The number of carbonyl (C=O) groups is 6. The number of aromatic nitrogens is 1. The van der Waals surface area contributed by atoms with Crippen LogP contribution in [-0.4, -0.2) is 102 Å². The van der Waals surface area contributed by atoms with E-state index in [4.69, 9.17) is 0 Å². The molecule has 48 heavy (non-hydrogen) atoms. The summed E-state index contributed by atoms with van der Waals surface area (Å²) in [6, 6.07) is 4.03. The normalized spacial score (nSPS) is 24.0. The van der Waals surface area contributed by atoms with Crippen molar-refractivity contribution < 1.29 is 33.9 Å². The highest BCUT2D eigenvalue weighted by atomic mass is 16.3. The highest BCUT2D eigenvalue weighted by Crippen LogP contribution is 2.26. The third kappa shape index (κ3) is 9.21. The molecule has 0 radical (unpaired) electrons. The van der Waals surface area contributed by atoms with Crippen molar-refractivity contribution in [1.82, 2.24) is 36.5 Å². The Morgan fingerprint density at radius 1 is 1.04 bits per heavy atom. The molecule has 1 aromatic heterocycles. The molecule has 14 heteroatoms. The van der Waals surface area contributed by atoms with Gasteiger partial charge >= 0.3 is 0 Å². The molecule has 2 aromatic rings. The Morgan fingerprint density at radius 3 is 2.44 bits per heavy atom. The van der Waals surface area contributed by atoms with Crippen LogP contribution in [0.5, 0.6) is 0 Å². The molecule has 0 aliphatic carbocycles. The smallest absolute Gasteiger partial charge is 0.244 e. The summed E-state index contributed by atoms with van der Waals surface area (Å²) in [5, 5.41) is 24.5. The maximum atomic E-state index is 14.3. The molecule has 0 bridgehead atoms. The van der Waals surface area contributed by atoms with Gasteiger partial charge in [-0.15, -0.1) is 0 Å². The summed E-state index contributed by atoms with van der Waals surface area (Å²) >= 11 is 0. The van der Waals surface area contributed by atoms with Gasteiger partial charge < -0.3 is 41.6 Å². The number of aliphatic hydroxyl groups is 1. The van der Waals surface area contributed by atoms with Crippen molar-refractivity contribution in [2.75, 3.05) is 33.2 Å². The lowest BCUT2D eigenvalue weighted by Crippen LogP contribution is -2.59. The molecule has 2 fully saturated rings. The van der Waals surface area contributed by atoms with Gasteiger partial charge in [-0.25, -0.2) is 0 Å². The molecule has 2 saturated heterocycles. The van der Waals surface area contributed by atoms with E-state index < -0.39 is 65.9 Å². The molecular weight excluding hydrogens is 618 g/mol. The number of ketones is 1. The van der Waals surface area contributed by atoms with Crippen molar-refractivity contribution in [2.45, 2.75) is 64.1 Å². The lowest BCUT2D eigenvalue weighted by Gasteiger charge is -2.34. The van der Waals surface area contributed by atoms with Crippen molar-refractivity contribution in [3.63, 3.8) is 0 Å². The van der Waals surface area contributed by atoms with Gasteiger partial charge in [-0.2, -0.15) is 0 Å². The van der Waals surface area contributed by atoms with Crippen LogP contribution < -0.4 is 26.6 Å². The van der Waals surface area contributed by atoms with Gasteiger partial charge in [0, 0.05) is 55.4 Å². The second-order valence-electron chi connectivity index (χ2n) is 13.0. The summed E-state index contributed by atoms with van der Waals surface area (Å²) in [4.78, 5) is 85.5. The van der Waals surface area contributed by atoms with Crippen LogP contribution in [0.2, 0.25) is 0 Å². The predicted molar refractivity (Wildman–Crippen MR) is 178 cm³/mol. The number of nitrogens with one attached hydrogen (secondary N) is 6. The molecule has 7 N–H and O–H groups in total. The first-order chi connectivity index (χ1) is 22.8. The zero-order valence-corrected chi connectivity index (χ0v) is 27.8. The predicted octanol–water partition coefficient (Wildman–Crippen LogP) is 0.446. The summed E-state index contributed by atoms with van der Waals surface area (Å²) in [6.07, 6.45) is 2.61. The molecule has 0 spiro atoms. The average molecular weight is 666 g/mol. The van der Waals surface area contributed by atoms with E-state index >= 15 is 0 Å². The summed E-state index contributed by atoms with van der Waals surface area (Å²) in [5.74, 6) is -5.25. The van der Waals surface area contributed by atoms with E-state index in [1.54, 1.807) is 20.0 Å². The largest absolute Gasteiger partial charge is 0.513 e. The molecule has 2 unspecified atom stereocenters. The second kappa shape index (κ2) is 16.4. The summed E-state index contributed by atoms with van der Waals surface area (Å²) < 4.78 is 0. The summed E-state index contributed by atoms with van der Waals surface area (Å²) in [5.41, 5.74) is 1.65. The first kappa shape index (κ1) is 36.1. The van der Waals surface area contributed by atoms with Gasteiger partial charge in [0.2, 0.25) is 29.5 Å². The van der Waals surface area contributed by atoms with Gasteiger partial charge in [-0.3, -0.25) is 28.8 Å². The lowest BCUT2D eigenvalue weighted by molar-refractivity contribution is -0.145. The molecule has 4 rings (SSSR count). The lowest BCUT2D eigenvalue weighted by atomic mass is 9.89. The van der Waals surface area contributed by atoms with E-state index in [1.165, 1.54) is 11.9 Å². The van der Waals surface area contributed by atoms with Crippen LogP contribution in [0.3, 0.4) is 0 Å². The summed E-state index contributed by atoms with van der Waals surface area (Å²) in [7, 11) is 1.49. The van der Waals surface area contributed by atoms with Crippen molar-refractivity contribution in [1.29, 1.82) is 0 Å². The van der Waals surface area contributed by atoms with Gasteiger partial charge in [0.05, 0.1) is 18.3 Å². The number of piperidine rings is 1. The van der Waals surface area contributed by atoms with E-state index in [0.717, 1.165) is 16.5 Å². The van der Waals surface area contributed by atoms with E-state index in [1.807, 2.05) is 24.3 Å². The number of amides is 5. The molecule has 14 nitrogen and oxygen atoms in total. The van der Waals surface area contributed by atoms with E-state index in [-0.39, 0.29) is 43.4 Å². The number of aliphatic hydroxyl groups excluding tert-OH is 1. The monoisotopic (exact) mass is 665 g/mol. The fourth-order valence-corrected chi connectivity index (χ4v) is 6.46. The van der Waals surface area contributed by atoms with Crippen LogP contribution >= 0.6 is 0 Å². The van der Waals surface area contributed by atoms with Crippen molar-refractivity contribution in [3.8, 4) is 0 Å². The number of benzene rings is 1. The quantitative estimate of drug-likeness (QED) is 0.197. The molecule has 4 atom stereocenters. The molecule has 1 aromatic carbocycles. The Bertz CT molecular complexity index is 1530. The van der Waals surface area contributed by atoms with E-state index in [2.05, 4.69) is 38.1 Å². The second-order valence-corrected chi connectivity index (χ2v) is 13.0. The minimum Gasteiger partial charge on any atom is -0.513 e. The van der Waals surface area contributed by atoms with Gasteiger partial charge in [0.25, 0.3) is 0 Å². The Hall–Kier alpha value is -4.72. The van der Waals surface area contributed by atoms with Crippen molar-refractivity contribution in [2.24, 2.45) is 17.8 Å². The molecular formula is C34H47N7O7. The zero-order valence-electron chi connectivity index (χ0n) is 27.8. The Labute approximate surface area is 279 Å². The first-order valence-electron chi connectivity index (χ1n) is 16.4. The Kier molecular flexibility index (Phi) is 12.3. The topological polar surface area (TPSA) is 202 Å². The standard InChI is InChI=1S/C34H47N7O7/c1-19(2)30-33(47)40-27(17-37-31(45)21-9-11-35-12-10-21)32(46)38-18-29(44)39-26(13-20(3)42)28(43)15-22(34(48)41(30)4)14-23-16-36-25-8-6-5-7-24(23)25/h5-8,16,19,21-22,26-27,30,35-36,42H,3,9-15,17-18H2,1-2,4H3,(H,37,45)(H,38,46)(H,39,44)(H,40,47)/t22-,26?,27-,30?/m0/s1. The van der Waals surface area contributed by atoms with Crippen molar-refractivity contribution in [3.05, 3.63) is 48.4 Å². The van der Waals surface area contributed by atoms with Crippen molar-refractivity contribution >= 4 is 46.2 Å². The minimum atomic E-state index is -1.26. The molecule has 3 heterocycles. The third-order valence-electron chi connectivity index (χ3n) is 9.01. The SMILES string of the molecule is C=C(O)CC1NC(=O)CNC(=O)[C@H](CNC(=O)C2CCNCC2)NC(=O)C(C(C)C)N(C)C(=O)[C@@H](Cc2c[nH]c3ccccc23)CC1=O. The highest BCUT2D eigenvalue weighted by molar-refractivity contribution is 5.97. The number of carbonyl (C=O) groups excluding carboxylic acids is 6. The highest BCUT2D eigenvalue weighted by Gasteiger charge is 2.38. The number of H-pyrrole nitrogens is 1. The maximum Gasteiger partial charge on any atom is 0.244 e. The van der Waals surface area contributed by atoms with Crippen LogP contribution in [0.1, 0.15) is 45.1 Å². The number of fused-ring (bicyclic) bond motifs is 1. The Morgan fingerprint density at radius 2 is 1.75 bits per heavy atom. The van der Waals surface area contributed by atoms with Gasteiger partial charge in [-0.05, 0) is 49.9 Å². The number of nitrogens with zero attached hydrogens (tertiary/aromatic N) is 1. The summed E-state index contributed by atoms with van der Waals surface area (Å²) in [6.45, 7) is 7.60. The van der Waals surface area contributed by atoms with Crippen LogP contribution in [0.15, 0.2) is 42.8 Å². The number of Topliss-reactive ketones (excluding diaryl/α,β-unsaturated/α-hetero) is 1. The number of hydrogen-bond donors (Lipinski definition) is 7. The van der Waals surface area contributed by atoms with Crippen LogP contribution in [0, 0.1) is 17.8 Å². The average Bonchev–Trinajstić information content (AvgIpc) is 3.46. The maximum absolute atomic E-state index is 14.3. The van der Waals surface area contributed by atoms with E-state index in [0.29, 0.717) is 25.9 Å². The molecule has 0 saturated carbocycles. The molecule has 5 amide bonds. The number of aromatic amines is 1. The molecule has 2 aliphatic heterocycles. The van der Waals surface area contributed by atoms with Crippen LogP contribution in [0.4, 0.5) is 0 Å². The van der Waals surface area contributed by atoms with Gasteiger partial charge in [-0.1, -0.05) is 38.6 Å². The van der Waals surface area contributed by atoms with Crippen LogP contribution in [-0.2, 0) is 35.2 Å². The third-order valence-corrected chi connectivity index (χ3v) is 9.01. The van der Waals surface area contributed by atoms with Gasteiger partial charge in [0.15, 0.2) is 5.78 Å². The minimum absolute atomic E-state index is 0.150.